The molecule has 2 aliphatic rings. The van der Waals surface area contributed by atoms with Crippen LogP contribution in [-0.4, -0.2) is 66.4 Å². The molecule has 126 valence electrons. The third-order valence-corrected chi connectivity index (χ3v) is 5.69. The number of anilines is 1. The second kappa shape index (κ2) is 6.04. The number of rotatable bonds is 4. The maximum absolute atomic E-state index is 12.7. The number of amides is 1. The second-order valence-electron chi connectivity index (χ2n) is 6.05. The highest BCUT2D eigenvalue weighted by molar-refractivity contribution is 7.88. The highest BCUT2D eigenvalue weighted by atomic mass is 32.2. The molecule has 0 aromatic carbocycles. The highest BCUT2D eigenvalue weighted by Gasteiger charge is 2.42. The van der Waals surface area contributed by atoms with Gasteiger partial charge in [-0.25, -0.2) is 17.7 Å². The maximum Gasteiger partial charge on any atom is 0.228 e. The van der Waals surface area contributed by atoms with Crippen molar-refractivity contribution in [3.05, 3.63) is 18.1 Å². The van der Waals surface area contributed by atoms with Gasteiger partial charge in [-0.15, -0.1) is 0 Å². The first-order valence-corrected chi connectivity index (χ1v) is 9.50. The normalized spacial score (nSPS) is 22.9. The molecule has 1 aromatic rings. The number of sulfonamides is 1. The predicted molar refractivity (Wildman–Crippen MR) is 85.2 cm³/mol. The quantitative estimate of drug-likeness (QED) is 0.834. The lowest BCUT2D eigenvalue weighted by Gasteiger charge is -2.39. The van der Waals surface area contributed by atoms with Crippen LogP contribution in [-0.2, 0) is 14.8 Å². The molecule has 0 saturated carbocycles. The molecule has 2 fully saturated rings. The first-order chi connectivity index (χ1) is 10.9. The Balaban J connectivity index is 1.71. The molecular weight excluding hydrogens is 318 g/mol. The van der Waals surface area contributed by atoms with Crippen LogP contribution < -0.4 is 5.32 Å². The summed E-state index contributed by atoms with van der Waals surface area (Å²) in [6.07, 6.45) is 6.28. The zero-order valence-corrected chi connectivity index (χ0v) is 14.1. The molecule has 0 aliphatic carbocycles. The van der Waals surface area contributed by atoms with Crippen LogP contribution in [0.3, 0.4) is 0 Å². The highest BCUT2D eigenvalue weighted by Crippen LogP contribution is 2.34. The van der Waals surface area contributed by atoms with Crippen LogP contribution in [0.5, 0.6) is 0 Å². The fourth-order valence-corrected chi connectivity index (χ4v) is 4.00. The predicted octanol–water partition coefficient (Wildman–Crippen LogP) is 0.0732. The smallest absolute Gasteiger partial charge is 0.228 e. The Morgan fingerprint density at radius 1 is 1.35 bits per heavy atom. The number of nitrogens with one attached hydrogen (secondary N) is 1. The summed E-state index contributed by atoms with van der Waals surface area (Å²) in [6, 6.07) is -0.0735. The van der Waals surface area contributed by atoms with E-state index in [9.17, 15) is 13.2 Å². The van der Waals surface area contributed by atoms with E-state index >= 15 is 0 Å². The van der Waals surface area contributed by atoms with E-state index in [1.54, 1.807) is 19.4 Å². The van der Waals surface area contributed by atoms with Gasteiger partial charge in [0.05, 0.1) is 36.3 Å². The van der Waals surface area contributed by atoms with Gasteiger partial charge in [0.2, 0.25) is 15.9 Å². The van der Waals surface area contributed by atoms with Crippen molar-refractivity contribution in [1.82, 2.24) is 19.2 Å². The number of nitrogens with zero attached hydrogens (tertiary/aromatic N) is 4. The summed E-state index contributed by atoms with van der Waals surface area (Å²) in [5.74, 6) is 0.448. The van der Waals surface area contributed by atoms with Crippen LogP contribution in [0, 0.1) is 5.92 Å². The summed E-state index contributed by atoms with van der Waals surface area (Å²) in [7, 11) is -1.42. The van der Waals surface area contributed by atoms with Crippen molar-refractivity contribution in [3.8, 4) is 0 Å². The Labute approximate surface area is 136 Å². The minimum atomic E-state index is -3.20. The third kappa shape index (κ3) is 3.16. The Morgan fingerprint density at radius 2 is 2.09 bits per heavy atom. The van der Waals surface area contributed by atoms with E-state index in [0.29, 0.717) is 12.4 Å². The van der Waals surface area contributed by atoms with Crippen molar-refractivity contribution in [2.24, 2.45) is 5.92 Å². The number of carbonyl (C=O) groups excluding carboxylic acids is 1. The van der Waals surface area contributed by atoms with Crippen molar-refractivity contribution in [3.63, 3.8) is 0 Å². The van der Waals surface area contributed by atoms with Gasteiger partial charge in [0, 0.05) is 26.7 Å². The second-order valence-corrected chi connectivity index (χ2v) is 8.03. The van der Waals surface area contributed by atoms with Crippen molar-refractivity contribution >= 4 is 21.7 Å². The van der Waals surface area contributed by atoms with Gasteiger partial charge in [0.15, 0.2) is 0 Å². The van der Waals surface area contributed by atoms with Gasteiger partial charge in [-0.1, -0.05) is 0 Å². The standard InChI is InChI=1S/C14H21N5O3S/c1-15-13-7-16-6-11(17-13)12-4-3-5-19(12)14(20)10-8-18(9-10)23(2,21)22/h6-7,10,12H,3-5,8-9H2,1-2H3,(H,15,17). The molecule has 3 rings (SSSR count). The molecule has 0 spiro atoms. The van der Waals surface area contributed by atoms with Gasteiger partial charge in [-0.2, -0.15) is 0 Å². The molecule has 3 heterocycles. The van der Waals surface area contributed by atoms with E-state index in [4.69, 9.17) is 0 Å². The molecule has 23 heavy (non-hydrogen) atoms. The maximum atomic E-state index is 12.7. The monoisotopic (exact) mass is 339 g/mol. The van der Waals surface area contributed by atoms with Crippen LogP contribution in [0.25, 0.3) is 0 Å². The summed E-state index contributed by atoms with van der Waals surface area (Å²) >= 11 is 0. The molecular formula is C14H21N5O3S. The Hall–Kier alpha value is -1.74. The largest absolute Gasteiger partial charge is 0.372 e. The van der Waals surface area contributed by atoms with Crippen molar-refractivity contribution in [2.75, 3.05) is 38.3 Å². The number of likely N-dealkylation sites (tertiary alicyclic amines) is 1. The minimum absolute atomic E-state index is 0.0176. The molecule has 1 N–H and O–H groups in total. The van der Waals surface area contributed by atoms with Crippen LogP contribution in [0.1, 0.15) is 24.6 Å². The van der Waals surface area contributed by atoms with Gasteiger partial charge in [-0.05, 0) is 12.8 Å². The summed E-state index contributed by atoms with van der Waals surface area (Å²) in [5.41, 5.74) is 0.780. The molecule has 0 bridgehead atoms. The lowest BCUT2D eigenvalue weighted by Crippen LogP contribution is -2.55. The summed E-state index contributed by atoms with van der Waals surface area (Å²) < 4.78 is 24.2. The van der Waals surface area contributed by atoms with Crippen LogP contribution in [0.15, 0.2) is 12.4 Å². The third-order valence-electron chi connectivity index (χ3n) is 4.45. The van der Waals surface area contributed by atoms with Gasteiger partial charge in [-0.3, -0.25) is 9.78 Å². The molecule has 9 heteroatoms. The molecule has 2 saturated heterocycles. The molecule has 1 amide bonds. The molecule has 1 atom stereocenters. The first-order valence-electron chi connectivity index (χ1n) is 7.65. The summed E-state index contributed by atoms with van der Waals surface area (Å²) in [5, 5.41) is 2.95. The topological polar surface area (TPSA) is 95.5 Å². The molecule has 1 aromatic heterocycles. The minimum Gasteiger partial charge on any atom is -0.372 e. The summed E-state index contributed by atoms with van der Waals surface area (Å²) in [6.45, 7) is 1.25. The fourth-order valence-electron chi connectivity index (χ4n) is 3.10. The zero-order valence-electron chi connectivity index (χ0n) is 13.3. The van der Waals surface area contributed by atoms with E-state index < -0.39 is 10.0 Å². The lowest BCUT2D eigenvalue weighted by atomic mass is 10.0. The Kier molecular flexibility index (Phi) is 4.24. The molecule has 0 radical (unpaired) electrons. The van der Waals surface area contributed by atoms with Crippen LogP contribution in [0.4, 0.5) is 5.82 Å². The van der Waals surface area contributed by atoms with E-state index in [0.717, 1.165) is 18.5 Å². The van der Waals surface area contributed by atoms with E-state index in [-0.39, 0.29) is 31.0 Å². The zero-order chi connectivity index (χ0) is 16.6. The van der Waals surface area contributed by atoms with Crippen molar-refractivity contribution in [1.29, 1.82) is 0 Å². The number of carbonyl (C=O) groups is 1. The average Bonchev–Trinajstić information content (AvgIpc) is 2.93. The number of hydrogen-bond donors (Lipinski definition) is 1. The van der Waals surface area contributed by atoms with Crippen molar-refractivity contribution in [2.45, 2.75) is 18.9 Å². The lowest BCUT2D eigenvalue weighted by molar-refractivity contribution is -0.140. The van der Waals surface area contributed by atoms with Crippen molar-refractivity contribution < 1.29 is 13.2 Å². The Bertz CT molecular complexity index is 702. The fraction of sp³-hybridized carbons (Fsp3) is 0.643. The number of hydrogen-bond acceptors (Lipinski definition) is 6. The molecule has 8 nitrogen and oxygen atoms in total. The van der Waals surface area contributed by atoms with E-state index in [2.05, 4.69) is 15.3 Å². The van der Waals surface area contributed by atoms with Crippen LogP contribution >= 0.6 is 0 Å². The Morgan fingerprint density at radius 3 is 2.74 bits per heavy atom. The van der Waals surface area contributed by atoms with Gasteiger partial charge < -0.3 is 10.2 Å². The van der Waals surface area contributed by atoms with Gasteiger partial charge in [0.1, 0.15) is 5.82 Å². The SMILES string of the molecule is CNc1cncc(C2CCCN2C(=O)C2CN(S(C)(=O)=O)C2)n1. The van der Waals surface area contributed by atoms with Crippen LogP contribution in [0.2, 0.25) is 0 Å². The van der Waals surface area contributed by atoms with E-state index in [1.165, 1.54) is 10.6 Å². The van der Waals surface area contributed by atoms with Gasteiger partial charge in [0.25, 0.3) is 0 Å². The number of aromatic nitrogens is 2. The van der Waals surface area contributed by atoms with Gasteiger partial charge >= 0.3 is 0 Å². The molecule has 2 aliphatic heterocycles. The summed E-state index contributed by atoms with van der Waals surface area (Å²) in [4.78, 5) is 23.2. The first kappa shape index (κ1) is 16.1. The average molecular weight is 339 g/mol. The van der Waals surface area contributed by atoms with E-state index in [1.807, 2.05) is 4.90 Å². The molecule has 1 unspecified atom stereocenters.